The van der Waals surface area contributed by atoms with Crippen LogP contribution in [0.2, 0.25) is 0 Å². The quantitative estimate of drug-likeness (QED) is 0.251. The molecular weight excluding hydrogens is 494 g/mol. The Hall–Kier alpha value is -3.51. The standard InChI is InChI=1S/C28H20BrNO4/c29-18-10-12-19(13-11-18)30-27(32)24-17(14-21(31)16-6-2-1-3-7-16)15-23-25(26(24)28(30)33)20-8-4-5-9-22(20)34-23/h1-13,17,24,26H,14-15H2/t17-,24-,26-/m0/s1. The van der Waals surface area contributed by atoms with Crippen LogP contribution in [0.4, 0.5) is 5.69 Å². The van der Waals surface area contributed by atoms with Gasteiger partial charge in [0.15, 0.2) is 5.78 Å². The van der Waals surface area contributed by atoms with Gasteiger partial charge in [-0.25, -0.2) is 4.90 Å². The summed E-state index contributed by atoms with van der Waals surface area (Å²) in [6.45, 7) is 0. The number of halogens is 1. The van der Waals surface area contributed by atoms with Crippen molar-refractivity contribution in [2.24, 2.45) is 11.8 Å². The Morgan fingerprint density at radius 3 is 2.38 bits per heavy atom. The maximum Gasteiger partial charge on any atom is 0.242 e. The third-order valence-electron chi connectivity index (χ3n) is 6.96. The highest BCUT2D eigenvalue weighted by Gasteiger charge is 2.56. The molecule has 3 aromatic carbocycles. The summed E-state index contributed by atoms with van der Waals surface area (Å²) in [7, 11) is 0. The number of furan rings is 1. The first-order valence-corrected chi connectivity index (χ1v) is 12.0. The summed E-state index contributed by atoms with van der Waals surface area (Å²) in [5, 5.41) is 0.860. The van der Waals surface area contributed by atoms with E-state index in [1.165, 1.54) is 4.90 Å². The summed E-state index contributed by atoms with van der Waals surface area (Å²) >= 11 is 3.41. The lowest BCUT2D eigenvalue weighted by Crippen LogP contribution is -2.34. The van der Waals surface area contributed by atoms with Crippen LogP contribution in [0, 0.1) is 11.8 Å². The van der Waals surface area contributed by atoms with E-state index in [4.69, 9.17) is 4.42 Å². The number of hydrogen-bond acceptors (Lipinski definition) is 4. The van der Waals surface area contributed by atoms with Gasteiger partial charge in [-0.2, -0.15) is 0 Å². The van der Waals surface area contributed by atoms with Gasteiger partial charge < -0.3 is 4.42 Å². The van der Waals surface area contributed by atoms with Crippen molar-refractivity contribution in [2.45, 2.75) is 18.8 Å². The van der Waals surface area contributed by atoms with Crippen molar-refractivity contribution >= 4 is 50.2 Å². The number of carbonyl (C=O) groups is 3. The molecule has 1 aliphatic heterocycles. The van der Waals surface area contributed by atoms with Gasteiger partial charge in [0.25, 0.3) is 0 Å². The molecule has 5 nitrogen and oxygen atoms in total. The Balaban J connectivity index is 1.46. The topological polar surface area (TPSA) is 67.6 Å². The summed E-state index contributed by atoms with van der Waals surface area (Å²) in [5.41, 5.74) is 2.64. The second kappa shape index (κ2) is 8.06. The van der Waals surface area contributed by atoms with E-state index in [-0.39, 0.29) is 29.9 Å². The van der Waals surface area contributed by atoms with Gasteiger partial charge in [0.05, 0.1) is 17.5 Å². The normalized spacial score (nSPS) is 21.6. The number of imide groups is 1. The van der Waals surface area contributed by atoms with Crippen LogP contribution < -0.4 is 4.90 Å². The number of carbonyl (C=O) groups excluding carboxylic acids is 3. The number of benzene rings is 3. The number of para-hydroxylation sites is 1. The fourth-order valence-electron chi connectivity index (χ4n) is 5.47. The third kappa shape index (κ3) is 3.24. The van der Waals surface area contributed by atoms with Crippen LogP contribution in [0.25, 0.3) is 11.0 Å². The predicted octanol–water partition coefficient (Wildman–Crippen LogP) is 5.91. The summed E-state index contributed by atoms with van der Waals surface area (Å²) in [4.78, 5) is 42.0. The highest BCUT2D eigenvalue weighted by atomic mass is 79.9. The Labute approximate surface area is 204 Å². The van der Waals surface area contributed by atoms with Crippen molar-refractivity contribution in [3.8, 4) is 0 Å². The van der Waals surface area contributed by atoms with E-state index in [0.29, 0.717) is 29.0 Å². The smallest absolute Gasteiger partial charge is 0.242 e. The minimum atomic E-state index is -0.669. The van der Waals surface area contributed by atoms with Gasteiger partial charge in [0.2, 0.25) is 11.8 Å². The second-order valence-electron chi connectivity index (χ2n) is 8.88. The van der Waals surface area contributed by atoms with Gasteiger partial charge in [-0.05, 0) is 36.2 Å². The van der Waals surface area contributed by atoms with E-state index in [1.54, 1.807) is 24.3 Å². The highest BCUT2D eigenvalue weighted by Crippen LogP contribution is 2.51. The fraction of sp³-hybridized carbons (Fsp3) is 0.179. The van der Waals surface area contributed by atoms with Gasteiger partial charge in [0, 0.05) is 33.8 Å². The lowest BCUT2D eigenvalue weighted by Gasteiger charge is -2.29. The molecule has 3 atom stereocenters. The molecule has 2 aliphatic rings. The summed E-state index contributed by atoms with van der Waals surface area (Å²) < 4.78 is 7.02. The molecular formula is C28H20BrNO4. The minimum absolute atomic E-state index is 0.0359. The molecule has 1 aliphatic carbocycles. The number of Topliss-reactive ketones (excluding diaryl/α,β-unsaturated/α-hetero) is 1. The van der Waals surface area contributed by atoms with Crippen LogP contribution in [0.3, 0.4) is 0 Å². The van der Waals surface area contributed by atoms with E-state index < -0.39 is 11.8 Å². The van der Waals surface area contributed by atoms with Gasteiger partial charge in [0.1, 0.15) is 11.3 Å². The van der Waals surface area contributed by atoms with E-state index in [0.717, 1.165) is 15.4 Å². The molecule has 0 spiro atoms. The number of amides is 2. The average molecular weight is 514 g/mol. The molecule has 0 bridgehead atoms. The third-order valence-corrected chi connectivity index (χ3v) is 7.49. The van der Waals surface area contributed by atoms with Crippen LogP contribution in [0.5, 0.6) is 0 Å². The molecule has 6 heteroatoms. The average Bonchev–Trinajstić information content (AvgIpc) is 3.34. The van der Waals surface area contributed by atoms with Crippen molar-refractivity contribution in [1.82, 2.24) is 0 Å². The first-order chi connectivity index (χ1) is 16.5. The Morgan fingerprint density at radius 1 is 0.912 bits per heavy atom. The van der Waals surface area contributed by atoms with Crippen LogP contribution in [-0.2, 0) is 16.0 Å². The Bertz CT molecular complexity index is 1440. The molecule has 0 saturated carbocycles. The van der Waals surface area contributed by atoms with Crippen LogP contribution in [-0.4, -0.2) is 17.6 Å². The van der Waals surface area contributed by atoms with Crippen LogP contribution in [0.1, 0.15) is 34.0 Å². The van der Waals surface area contributed by atoms with E-state index in [1.807, 2.05) is 54.6 Å². The zero-order valence-corrected chi connectivity index (χ0v) is 19.7. The monoisotopic (exact) mass is 513 g/mol. The van der Waals surface area contributed by atoms with Crippen molar-refractivity contribution in [2.75, 3.05) is 4.90 Å². The Morgan fingerprint density at radius 2 is 1.62 bits per heavy atom. The van der Waals surface area contributed by atoms with E-state index >= 15 is 0 Å². The SMILES string of the molecule is O=C(C[C@H]1Cc2oc3ccccc3c2[C@H]2C(=O)N(c3ccc(Br)cc3)C(=O)[C@@H]12)c1ccccc1. The highest BCUT2D eigenvalue weighted by molar-refractivity contribution is 9.10. The molecule has 1 aromatic heterocycles. The molecule has 1 fully saturated rings. The van der Waals surface area contributed by atoms with Gasteiger partial charge in [-0.15, -0.1) is 0 Å². The van der Waals surface area contributed by atoms with Crippen LogP contribution >= 0.6 is 15.9 Å². The lowest BCUT2D eigenvalue weighted by molar-refractivity contribution is -0.123. The number of ketones is 1. The van der Waals surface area contributed by atoms with Gasteiger partial charge >= 0.3 is 0 Å². The lowest BCUT2D eigenvalue weighted by atomic mass is 9.70. The van der Waals surface area contributed by atoms with E-state index in [2.05, 4.69) is 15.9 Å². The molecule has 0 N–H and O–H groups in total. The van der Waals surface area contributed by atoms with Crippen LogP contribution in [0.15, 0.2) is 87.8 Å². The molecule has 1 saturated heterocycles. The second-order valence-corrected chi connectivity index (χ2v) is 9.80. The first-order valence-electron chi connectivity index (χ1n) is 11.2. The predicted molar refractivity (Wildman–Crippen MR) is 132 cm³/mol. The summed E-state index contributed by atoms with van der Waals surface area (Å²) in [5.74, 6) is -1.46. The Kier molecular flexibility index (Phi) is 4.99. The molecule has 34 heavy (non-hydrogen) atoms. The fourth-order valence-corrected chi connectivity index (χ4v) is 5.73. The maximum absolute atomic E-state index is 13.8. The zero-order valence-electron chi connectivity index (χ0n) is 18.1. The van der Waals surface area contributed by atoms with Crippen molar-refractivity contribution in [3.63, 3.8) is 0 Å². The van der Waals surface area contributed by atoms with Crippen molar-refractivity contribution < 1.29 is 18.8 Å². The zero-order chi connectivity index (χ0) is 23.4. The van der Waals surface area contributed by atoms with Gasteiger partial charge in [-0.1, -0.05) is 64.5 Å². The first kappa shape index (κ1) is 21.1. The molecule has 2 amide bonds. The summed E-state index contributed by atoms with van der Waals surface area (Å²) in [6.07, 6.45) is 0.617. The maximum atomic E-state index is 13.8. The van der Waals surface area contributed by atoms with E-state index in [9.17, 15) is 14.4 Å². The van der Waals surface area contributed by atoms with Crippen molar-refractivity contribution in [3.05, 3.63) is 100 Å². The number of fused-ring (bicyclic) bond motifs is 5. The minimum Gasteiger partial charge on any atom is -0.461 e. The molecule has 6 rings (SSSR count). The number of rotatable bonds is 4. The van der Waals surface area contributed by atoms with Crippen molar-refractivity contribution in [1.29, 1.82) is 0 Å². The largest absolute Gasteiger partial charge is 0.461 e. The summed E-state index contributed by atoms with van der Waals surface area (Å²) in [6, 6.07) is 23.8. The molecule has 2 heterocycles. The molecule has 4 aromatic rings. The number of nitrogens with zero attached hydrogens (tertiary/aromatic N) is 1. The molecule has 0 radical (unpaired) electrons. The molecule has 0 unspecified atom stereocenters. The van der Waals surface area contributed by atoms with Gasteiger partial charge in [-0.3, -0.25) is 14.4 Å². The number of anilines is 1. The number of hydrogen-bond donors (Lipinski definition) is 0. The molecule has 168 valence electrons.